The number of carbonyl (C=O) groups is 1. The van der Waals surface area contributed by atoms with Crippen molar-refractivity contribution in [3.8, 4) is 23.0 Å². The van der Waals surface area contributed by atoms with Crippen molar-refractivity contribution in [1.29, 1.82) is 0 Å². The first-order valence-electron chi connectivity index (χ1n) is 8.56. The summed E-state index contributed by atoms with van der Waals surface area (Å²) < 4.78 is 20.1. The van der Waals surface area contributed by atoms with E-state index in [1.54, 1.807) is 16.8 Å². The van der Waals surface area contributed by atoms with Gasteiger partial charge in [0.1, 0.15) is 18.1 Å². The summed E-state index contributed by atoms with van der Waals surface area (Å²) in [4.78, 5) is 20.7. The van der Waals surface area contributed by atoms with Crippen LogP contribution in [0, 0.1) is 12.7 Å². The maximum atomic E-state index is 13.2. The molecule has 0 fully saturated rings. The molecular weight excluding hydrogens is 361 g/mol. The maximum Gasteiger partial charge on any atom is 0.258 e. The number of aromatic nitrogens is 4. The number of halogens is 1. The molecule has 4 rings (SSSR count). The van der Waals surface area contributed by atoms with Gasteiger partial charge in [0.2, 0.25) is 11.7 Å². The van der Waals surface area contributed by atoms with Crippen LogP contribution in [0.15, 0.2) is 65.6 Å². The first-order chi connectivity index (χ1) is 13.6. The van der Waals surface area contributed by atoms with E-state index in [-0.39, 0.29) is 12.5 Å². The van der Waals surface area contributed by atoms with E-state index in [0.717, 1.165) is 11.1 Å². The zero-order valence-electron chi connectivity index (χ0n) is 15.0. The molecule has 0 spiro atoms. The lowest BCUT2D eigenvalue weighted by Crippen LogP contribution is -2.17. The number of anilines is 1. The van der Waals surface area contributed by atoms with Crippen molar-refractivity contribution in [3.05, 3.63) is 72.4 Å². The van der Waals surface area contributed by atoms with E-state index < -0.39 is 5.82 Å². The quantitative estimate of drug-likeness (QED) is 0.573. The lowest BCUT2D eigenvalue weighted by Gasteiger charge is -2.05. The number of imidazole rings is 1. The van der Waals surface area contributed by atoms with E-state index in [9.17, 15) is 9.18 Å². The van der Waals surface area contributed by atoms with Crippen LogP contribution in [0.1, 0.15) is 5.56 Å². The summed E-state index contributed by atoms with van der Waals surface area (Å²) in [5, 5.41) is 6.60. The Bertz CT molecular complexity index is 1130. The Labute approximate surface area is 159 Å². The van der Waals surface area contributed by atoms with Crippen LogP contribution in [0.2, 0.25) is 0 Å². The monoisotopic (exact) mass is 377 g/mol. The van der Waals surface area contributed by atoms with Crippen LogP contribution in [0.4, 0.5) is 10.1 Å². The molecule has 7 nitrogen and oxygen atoms in total. The van der Waals surface area contributed by atoms with Gasteiger partial charge in [-0.3, -0.25) is 4.79 Å². The molecule has 1 N–H and O–H groups in total. The Balaban J connectivity index is 1.46. The third kappa shape index (κ3) is 3.80. The second-order valence-corrected chi connectivity index (χ2v) is 6.23. The van der Waals surface area contributed by atoms with Crippen LogP contribution >= 0.6 is 0 Å². The van der Waals surface area contributed by atoms with Crippen LogP contribution in [0.3, 0.4) is 0 Å². The van der Waals surface area contributed by atoms with Crippen molar-refractivity contribution in [2.75, 3.05) is 5.32 Å². The van der Waals surface area contributed by atoms with Gasteiger partial charge in [0, 0.05) is 17.4 Å². The molecule has 2 heterocycles. The molecular formula is C20H16FN5O2. The second kappa shape index (κ2) is 7.43. The molecule has 0 saturated heterocycles. The van der Waals surface area contributed by atoms with E-state index >= 15 is 0 Å². The minimum Gasteiger partial charge on any atom is -0.334 e. The molecule has 4 aromatic rings. The number of benzene rings is 2. The smallest absolute Gasteiger partial charge is 0.258 e. The van der Waals surface area contributed by atoms with Gasteiger partial charge in [-0.1, -0.05) is 29.4 Å². The van der Waals surface area contributed by atoms with E-state index in [1.165, 1.54) is 24.5 Å². The number of rotatable bonds is 5. The van der Waals surface area contributed by atoms with Crippen molar-refractivity contribution in [3.63, 3.8) is 0 Å². The Morgan fingerprint density at radius 3 is 2.89 bits per heavy atom. The molecule has 140 valence electrons. The molecule has 0 unspecified atom stereocenters. The standard InChI is InChI=1S/C20H16FN5O2/c1-13-5-2-3-8-16(13)20-24-19(25-28-20)17-10-26(12-22-17)11-18(27)23-15-7-4-6-14(21)9-15/h2-10,12H,11H2,1H3,(H,23,27). The SMILES string of the molecule is Cc1ccccc1-c1nc(-c2cn(CC(=O)Nc3cccc(F)c3)cn2)no1. The lowest BCUT2D eigenvalue weighted by molar-refractivity contribution is -0.116. The molecule has 0 bridgehead atoms. The molecule has 0 saturated carbocycles. The van der Waals surface area contributed by atoms with Gasteiger partial charge in [0.05, 0.1) is 6.33 Å². The maximum absolute atomic E-state index is 13.2. The Morgan fingerprint density at radius 2 is 2.07 bits per heavy atom. The fraction of sp³-hybridized carbons (Fsp3) is 0.100. The van der Waals surface area contributed by atoms with Crippen molar-refractivity contribution in [1.82, 2.24) is 19.7 Å². The van der Waals surface area contributed by atoms with Crippen LogP contribution in [-0.2, 0) is 11.3 Å². The van der Waals surface area contributed by atoms with Gasteiger partial charge in [-0.05, 0) is 36.8 Å². The minimum absolute atomic E-state index is 0.0199. The Hall–Kier alpha value is -3.81. The van der Waals surface area contributed by atoms with Crippen LogP contribution in [-0.4, -0.2) is 25.6 Å². The van der Waals surface area contributed by atoms with Gasteiger partial charge >= 0.3 is 0 Å². The topological polar surface area (TPSA) is 85.8 Å². The summed E-state index contributed by atoms with van der Waals surface area (Å²) in [6, 6.07) is 13.4. The van der Waals surface area contributed by atoms with Crippen molar-refractivity contribution in [2.24, 2.45) is 0 Å². The number of hydrogen-bond donors (Lipinski definition) is 1. The number of nitrogens with zero attached hydrogens (tertiary/aromatic N) is 4. The van der Waals surface area contributed by atoms with Gasteiger partial charge in [0.25, 0.3) is 5.89 Å². The molecule has 2 aromatic heterocycles. The molecule has 0 radical (unpaired) electrons. The van der Waals surface area contributed by atoms with Crippen LogP contribution < -0.4 is 5.32 Å². The fourth-order valence-corrected chi connectivity index (χ4v) is 2.74. The van der Waals surface area contributed by atoms with E-state index in [2.05, 4.69) is 20.4 Å². The Kier molecular flexibility index (Phi) is 4.67. The highest BCUT2D eigenvalue weighted by molar-refractivity contribution is 5.90. The van der Waals surface area contributed by atoms with E-state index in [4.69, 9.17) is 4.52 Å². The van der Waals surface area contributed by atoms with Gasteiger partial charge in [-0.25, -0.2) is 9.37 Å². The van der Waals surface area contributed by atoms with Crippen molar-refractivity contribution >= 4 is 11.6 Å². The van der Waals surface area contributed by atoms with Crippen molar-refractivity contribution in [2.45, 2.75) is 13.5 Å². The summed E-state index contributed by atoms with van der Waals surface area (Å²) in [6.07, 6.45) is 3.15. The molecule has 2 aromatic carbocycles. The third-order valence-corrected chi connectivity index (χ3v) is 4.10. The molecule has 0 aliphatic heterocycles. The molecule has 0 atom stereocenters. The van der Waals surface area contributed by atoms with E-state index in [1.807, 2.05) is 31.2 Å². The zero-order valence-corrected chi connectivity index (χ0v) is 15.0. The van der Waals surface area contributed by atoms with Gasteiger partial charge in [-0.2, -0.15) is 4.98 Å². The highest BCUT2D eigenvalue weighted by Crippen LogP contribution is 2.23. The predicted octanol–water partition coefficient (Wildman–Crippen LogP) is 3.69. The highest BCUT2D eigenvalue weighted by atomic mass is 19.1. The average molecular weight is 377 g/mol. The van der Waals surface area contributed by atoms with E-state index in [0.29, 0.717) is 23.1 Å². The minimum atomic E-state index is -0.413. The molecule has 8 heteroatoms. The highest BCUT2D eigenvalue weighted by Gasteiger charge is 2.15. The first-order valence-corrected chi connectivity index (χ1v) is 8.56. The number of aryl methyl sites for hydroxylation is 1. The zero-order chi connectivity index (χ0) is 19.5. The molecule has 0 aliphatic rings. The second-order valence-electron chi connectivity index (χ2n) is 6.23. The van der Waals surface area contributed by atoms with Gasteiger partial charge < -0.3 is 14.4 Å². The Morgan fingerprint density at radius 1 is 1.21 bits per heavy atom. The summed E-state index contributed by atoms with van der Waals surface area (Å²) in [5.74, 6) is 0.0292. The summed E-state index contributed by atoms with van der Waals surface area (Å²) in [5.41, 5.74) is 2.76. The van der Waals surface area contributed by atoms with Crippen LogP contribution in [0.5, 0.6) is 0 Å². The summed E-state index contributed by atoms with van der Waals surface area (Å²) in [6.45, 7) is 1.98. The molecule has 28 heavy (non-hydrogen) atoms. The number of amides is 1. The van der Waals surface area contributed by atoms with Gasteiger partial charge in [0.15, 0.2) is 0 Å². The van der Waals surface area contributed by atoms with Crippen molar-refractivity contribution < 1.29 is 13.7 Å². The molecule has 0 aliphatic carbocycles. The summed E-state index contributed by atoms with van der Waals surface area (Å²) in [7, 11) is 0. The number of hydrogen-bond acceptors (Lipinski definition) is 5. The first kappa shape index (κ1) is 17.6. The average Bonchev–Trinajstić information content (AvgIpc) is 3.31. The lowest BCUT2D eigenvalue weighted by atomic mass is 10.1. The molecule has 1 amide bonds. The summed E-state index contributed by atoms with van der Waals surface area (Å²) >= 11 is 0. The largest absolute Gasteiger partial charge is 0.334 e. The third-order valence-electron chi connectivity index (χ3n) is 4.10. The van der Waals surface area contributed by atoms with Gasteiger partial charge in [-0.15, -0.1) is 0 Å². The number of carbonyl (C=O) groups excluding carboxylic acids is 1. The van der Waals surface area contributed by atoms with Crippen LogP contribution in [0.25, 0.3) is 23.0 Å². The normalized spacial score (nSPS) is 10.8. The number of nitrogens with one attached hydrogen (secondary N) is 1. The predicted molar refractivity (Wildman–Crippen MR) is 101 cm³/mol. The fourth-order valence-electron chi connectivity index (χ4n) is 2.74.